The quantitative estimate of drug-likeness (QED) is 0.783. The molecule has 3 rings (SSSR count). The van der Waals surface area contributed by atoms with Crippen LogP contribution in [0, 0.1) is 5.82 Å². The number of nitrogens with one attached hydrogen (secondary N) is 2. The summed E-state index contributed by atoms with van der Waals surface area (Å²) in [4.78, 5) is 20.6. The van der Waals surface area contributed by atoms with Gasteiger partial charge in [0.25, 0.3) is 0 Å². The average molecular weight is 374 g/mol. The number of carbonyl (C=O) groups excluding carboxylic acids is 1. The minimum Gasteiger partial charge on any atom is -0.464 e. The van der Waals surface area contributed by atoms with Crippen molar-refractivity contribution in [2.45, 2.75) is 39.2 Å². The molecule has 27 heavy (non-hydrogen) atoms. The number of esters is 1. The zero-order chi connectivity index (χ0) is 19.6. The number of halogens is 1. The van der Waals surface area contributed by atoms with Crippen LogP contribution in [0.5, 0.6) is 0 Å². The number of piperidine rings is 1. The van der Waals surface area contributed by atoms with E-state index in [1.165, 1.54) is 25.4 Å². The van der Waals surface area contributed by atoms with Crippen LogP contribution in [0.3, 0.4) is 0 Å². The molecule has 6 nitrogen and oxygen atoms in total. The van der Waals surface area contributed by atoms with Crippen molar-refractivity contribution >= 4 is 11.8 Å². The molecule has 7 heteroatoms. The summed E-state index contributed by atoms with van der Waals surface area (Å²) in [6.45, 7) is 5.91. The molecular weight excluding hydrogens is 347 g/mol. The smallest absolute Gasteiger partial charge is 0.358 e. The van der Waals surface area contributed by atoms with Gasteiger partial charge in [-0.25, -0.2) is 19.2 Å². The average Bonchev–Trinajstić information content (AvgIpc) is 2.72. The van der Waals surface area contributed by atoms with Crippen molar-refractivity contribution in [1.82, 2.24) is 15.3 Å². The highest BCUT2D eigenvalue weighted by Crippen LogP contribution is 2.19. The summed E-state index contributed by atoms with van der Waals surface area (Å²) < 4.78 is 17.8. The first-order valence-electron chi connectivity index (χ1n) is 9.31. The molecule has 0 saturated carbocycles. The predicted octanol–water partition coefficient (Wildman–Crippen LogP) is 3.18. The van der Waals surface area contributed by atoms with Crippen LogP contribution in [0.15, 0.2) is 30.5 Å². The lowest BCUT2D eigenvalue weighted by molar-refractivity contribution is 0.0593. The van der Waals surface area contributed by atoms with Crippen LogP contribution in [0.25, 0.3) is 0 Å². The number of rotatable bonds is 5. The van der Waals surface area contributed by atoms with Gasteiger partial charge in [0.2, 0.25) is 0 Å². The van der Waals surface area contributed by atoms with Gasteiger partial charge in [-0.15, -0.1) is 0 Å². The molecule has 2 aromatic rings. The Morgan fingerprint density at radius 3 is 2.56 bits per heavy atom. The van der Waals surface area contributed by atoms with Gasteiger partial charge in [-0.3, -0.25) is 0 Å². The SMILES string of the molecule is CC.COC(=O)c1cnc(NC2CCNCC2)c(Cc2ccc(F)cc2)n1. The molecule has 1 aromatic heterocycles. The molecule has 0 spiro atoms. The Bertz CT molecular complexity index is 731. The van der Waals surface area contributed by atoms with Gasteiger partial charge < -0.3 is 15.4 Å². The molecule has 0 radical (unpaired) electrons. The van der Waals surface area contributed by atoms with E-state index in [1.807, 2.05) is 13.8 Å². The fourth-order valence-electron chi connectivity index (χ4n) is 2.83. The van der Waals surface area contributed by atoms with Gasteiger partial charge in [-0.1, -0.05) is 26.0 Å². The summed E-state index contributed by atoms with van der Waals surface area (Å²) in [7, 11) is 1.31. The van der Waals surface area contributed by atoms with Crippen molar-refractivity contribution in [3.63, 3.8) is 0 Å². The Labute approximate surface area is 159 Å². The van der Waals surface area contributed by atoms with E-state index >= 15 is 0 Å². The van der Waals surface area contributed by atoms with Crippen LogP contribution in [0.1, 0.15) is 48.4 Å². The Morgan fingerprint density at radius 2 is 1.93 bits per heavy atom. The molecule has 0 bridgehead atoms. The Hall–Kier alpha value is -2.54. The number of hydrogen-bond donors (Lipinski definition) is 2. The largest absolute Gasteiger partial charge is 0.464 e. The first-order chi connectivity index (χ1) is 13.2. The number of aromatic nitrogens is 2. The van der Waals surface area contributed by atoms with Gasteiger partial charge in [-0.2, -0.15) is 0 Å². The summed E-state index contributed by atoms with van der Waals surface area (Å²) in [5.41, 5.74) is 1.70. The van der Waals surface area contributed by atoms with Gasteiger partial charge in [0.15, 0.2) is 5.69 Å². The predicted molar refractivity (Wildman–Crippen MR) is 103 cm³/mol. The lowest BCUT2D eigenvalue weighted by Gasteiger charge is -2.25. The first kappa shape index (κ1) is 20.8. The highest BCUT2D eigenvalue weighted by atomic mass is 19.1. The maximum atomic E-state index is 13.1. The van der Waals surface area contributed by atoms with E-state index in [4.69, 9.17) is 4.74 Å². The molecule has 1 aliphatic heterocycles. The van der Waals surface area contributed by atoms with Crippen molar-refractivity contribution in [2.75, 3.05) is 25.5 Å². The topological polar surface area (TPSA) is 76.1 Å². The lowest BCUT2D eigenvalue weighted by atomic mass is 10.1. The van der Waals surface area contributed by atoms with Crippen molar-refractivity contribution in [3.8, 4) is 0 Å². The second kappa shape index (κ2) is 10.6. The van der Waals surface area contributed by atoms with Gasteiger partial charge in [0.05, 0.1) is 19.0 Å². The van der Waals surface area contributed by atoms with Crippen molar-refractivity contribution < 1.29 is 13.9 Å². The number of nitrogens with zero attached hydrogens (tertiary/aromatic N) is 2. The Balaban J connectivity index is 0.00000126. The highest BCUT2D eigenvalue weighted by Gasteiger charge is 2.18. The summed E-state index contributed by atoms with van der Waals surface area (Å²) in [6.07, 6.45) is 3.86. The van der Waals surface area contributed by atoms with Gasteiger partial charge in [0.1, 0.15) is 11.6 Å². The molecule has 0 amide bonds. The molecule has 1 fully saturated rings. The second-order valence-electron chi connectivity index (χ2n) is 6.01. The molecule has 2 heterocycles. The molecule has 0 unspecified atom stereocenters. The van der Waals surface area contributed by atoms with Crippen LogP contribution in [-0.4, -0.2) is 42.2 Å². The van der Waals surface area contributed by atoms with Crippen LogP contribution >= 0.6 is 0 Å². The maximum Gasteiger partial charge on any atom is 0.358 e. The molecule has 1 saturated heterocycles. The Morgan fingerprint density at radius 1 is 1.26 bits per heavy atom. The van der Waals surface area contributed by atoms with Crippen LogP contribution in [-0.2, 0) is 11.2 Å². The molecule has 1 aromatic carbocycles. The zero-order valence-corrected chi connectivity index (χ0v) is 16.1. The second-order valence-corrected chi connectivity index (χ2v) is 6.01. The number of methoxy groups -OCH3 is 1. The van der Waals surface area contributed by atoms with Crippen LogP contribution < -0.4 is 10.6 Å². The third kappa shape index (κ3) is 5.99. The van der Waals surface area contributed by atoms with Gasteiger partial charge in [0, 0.05) is 12.5 Å². The fraction of sp³-hybridized carbons (Fsp3) is 0.450. The molecule has 146 valence electrons. The van der Waals surface area contributed by atoms with Crippen LogP contribution in [0.2, 0.25) is 0 Å². The highest BCUT2D eigenvalue weighted by molar-refractivity contribution is 5.87. The lowest BCUT2D eigenvalue weighted by Crippen LogP contribution is -2.35. The number of hydrogen-bond acceptors (Lipinski definition) is 6. The summed E-state index contributed by atoms with van der Waals surface area (Å²) in [6, 6.07) is 6.54. The molecule has 0 atom stereocenters. The van der Waals surface area contributed by atoms with E-state index in [0.29, 0.717) is 24.0 Å². The molecule has 0 aliphatic carbocycles. The van der Waals surface area contributed by atoms with E-state index in [-0.39, 0.29) is 11.5 Å². The minimum atomic E-state index is -0.527. The molecule has 1 aliphatic rings. The summed E-state index contributed by atoms with van der Waals surface area (Å²) in [5, 5.41) is 6.74. The zero-order valence-electron chi connectivity index (χ0n) is 16.1. The van der Waals surface area contributed by atoms with E-state index in [0.717, 1.165) is 31.5 Å². The number of anilines is 1. The monoisotopic (exact) mass is 374 g/mol. The Kier molecular flexibility index (Phi) is 8.13. The van der Waals surface area contributed by atoms with Crippen LogP contribution in [0.4, 0.5) is 10.2 Å². The number of benzene rings is 1. The van der Waals surface area contributed by atoms with Crippen molar-refractivity contribution in [1.29, 1.82) is 0 Å². The molecular formula is C20H27FN4O2. The summed E-state index contributed by atoms with van der Waals surface area (Å²) in [5.74, 6) is -0.156. The van der Waals surface area contributed by atoms with E-state index in [2.05, 4.69) is 20.6 Å². The third-order valence-electron chi connectivity index (χ3n) is 4.20. The first-order valence-corrected chi connectivity index (χ1v) is 9.31. The standard InChI is InChI=1S/C18H21FN4O2.C2H6/c1-25-18(24)16-11-21-17(22-14-6-8-20-9-7-14)15(23-16)10-12-2-4-13(19)5-3-12;1-2/h2-5,11,14,20H,6-10H2,1H3,(H,21,22);1-2H3. The normalized spacial score (nSPS) is 14.1. The van der Waals surface area contributed by atoms with Gasteiger partial charge >= 0.3 is 5.97 Å². The molecule has 2 N–H and O–H groups in total. The minimum absolute atomic E-state index is 0.162. The third-order valence-corrected chi connectivity index (χ3v) is 4.20. The van der Waals surface area contributed by atoms with Crippen molar-refractivity contribution in [3.05, 3.63) is 53.2 Å². The van der Waals surface area contributed by atoms with E-state index in [9.17, 15) is 9.18 Å². The number of ether oxygens (including phenoxy) is 1. The number of carbonyl (C=O) groups is 1. The fourth-order valence-corrected chi connectivity index (χ4v) is 2.83. The summed E-state index contributed by atoms with van der Waals surface area (Å²) >= 11 is 0. The van der Waals surface area contributed by atoms with E-state index < -0.39 is 5.97 Å². The van der Waals surface area contributed by atoms with Crippen molar-refractivity contribution in [2.24, 2.45) is 0 Å². The van der Waals surface area contributed by atoms with E-state index in [1.54, 1.807) is 12.1 Å². The van der Waals surface area contributed by atoms with Gasteiger partial charge in [-0.05, 0) is 43.6 Å². The maximum absolute atomic E-state index is 13.1.